The zero-order valence-electron chi connectivity index (χ0n) is 14.5. The lowest BCUT2D eigenvalue weighted by atomic mass is 10.1. The Hall–Kier alpha value is -2.38. The number of rotatable bonds is 10. The Bertz CT molecular complexity index is 625. The number of imidazole rings is 1. The highest BCUT2D eigenvalue weighted by Crippen LogP contribution is 2.17. The first-order chi connectivity index (χ1) is 12.2. The third kappa shape index (κ3) is 5.30. The summed E-state index contributed by atoms with van der Waals surface area (Å²) in [5.41, 5.74) is 0. The van der Waals surface area contributed by atoms with Crippen molar-refractivity contribution in [3.8, 4) is 0 Å². The highest BCUT2D eigenvalue weighted by molar-refractivity contribution is 5.77. The maximum atomic E-state index is 12.8. The molecule has 0 aromatic carbocycles. The van der Waals surface area contributed by atoms with Crippen LogP contribution in [0.2, 0.25) is 0 Å². The summed E-state index contributed by atoms with van der Waals surface area (Å²) < 4.78 is 12.3. The lowest BCUT2D eigenvalue weighted by molar-refractivity contribution is -0.139. The SMILES string of the molecule is C=CCCCOC(O)C(CC)N(Cc1ccco1)C(=O)n1ccnc1. The van der Waals surface area contributed by atoms with Crippen LogP contribution in [0.4, 0.5) is 4.79 Å². The van der Waals surface area contributed by atoms with Gasteiger partial charge in [0.1, 0.15) is 12.1 Å². The number of aliphatic hydroxyl groups is 1. The molecule has 2 unspecified atom stereocenters. The molecule has 0 fully saturated rings. The van der Waals surface area contributed by atoms with Crippen LogP contribution in [0.5, 0.6) is 0 Å². The number of aromatic nitrogens is 2. The minimum Gasteiger partial charge on any atom is -0.467 e. The second-order valence-electron chi connectivity index (χ2n) is 5.63. The lowest BCUT2D eigenvalue weighted by Gasteiger charge is -2.33. The molecule has 0 radical (unpaired) electrons. The largest absolute Gasteiger partial charge is 0.467 e. The smallest absolute Gasteiger partial charge is 0.330 e. The predicted molar refractivity (Wildman–Crippen MR) is 92.7 cm³/mol. The molecular weight excluding hydrogens is 322 g/mol. The van der Waals surface area contributed by atoms with Crippen molar-refractivity contribution in [1.82, 2.24) is 14.5 Å². The Morgan fingerprint density at radius 3 is 3.04 bits per heavy atom. The summed E-state index contributed by atoms with van der Waals surface area (Å²) in [5, 5.41) is 10.5. The zero-order valence-corrected chi connectivity index (χ0v) is 14.5. The van der Waals surface area contributed by atoms with Crippen LogP contribution in [0.3, 0.4) is 0 Å². The van der Waals surface area contributed by atoms with E-state index in [1.807, 2.05) is 6.92 Å². The van der Waals surface area contributed by atoms with E-state index in [0.717, 1.165) is 12.8 Å². The van der Waals surface area contributed by atoms with Crippen LogP contribution in [0, 0.1) is 0 Å². The average molecular weight is 347 g/mol. The van der Waals surface area contributed by atoms with Gasteiger partial charge < -0.3 is 19.2 Å². The summed E-state index contributed by atoms with van der Waals surface area (Å²) in [5.74, 6) is 0.630. The van der Waals surface area contributed by atoms with Gasteiger partial charge in [-0.2, -0.15) is 0 Å². The van der Waals surface area contributed by atoms with Gasteiger partial charge in [-0.25, -0.2) is 9.78 Å². The number of amides is 1. The standard InChI is InChI=1S/C18H25N3O4/c1-3-5-6-11-25-17(22)16(4-2)21(13-15-8-7-12-24-15)18(23)20-10-9-19-14-20/h3,7-10,12,14,16-17,22H,1,4-6,11,13H2,2H3. The van der Waals surface area contributed by atoms with E-state index in [2.05, 4.69) is 11.6 Å². The van der Waals surface area contributed by atoms with Crippen LogP contribution in [0.15, 0.2) is 54.2 Å². The van der Waals surface area contributed by atoms with Crippen LogP contribution in [-0.2, 0) is 11.3 Å². The van der Waals surface area contributed by atoms with Gasteiger partial charge in [-0.05, 0) is 31.4 Å². The molecule has 25 heavy (non-hydrogen) atoms. The summed E-state index contributed by atoms with van der Waals surface area (Å²) in [7, 11) is 0. The van der Waals surface area contributed by atoms with E-state index >= 15 is 0 Å². The maximum Gasteiger partial charge on any atom is 0.330 e. The molecule has 0 aliphatic carbocycles. The van der Waals surface area contributed by atoms with Crippen molar-refractivity contribution in [3.63, 3.8) is 0 Å². The summed E-state index contributed by atoms with van der Waals surface area (Å²) in [6.07, 6.45) is 8.92. The van der Waals surface area contributed by atoms with Crippen LogP contribution >= 0.6 is 0 Å². The van der Waals surface area contributed by atoms with E-state index in [1.54, 1.807) is 35.6 Å². The summed E-state index contributed by atoms with van der Waals surface area (Å²) in [4.78, 5) is 18.3. The molecule has 0 aliphatic heterocycles. The number of carbonyl (C=O) groups excluding carboxylic acids is 1. The van der Waals surface area contributed by atoms with Gasteiger partial charge >= 0.3 is 6.03 Å². The number of hydrogen-bond acceptors (Lipinski definition) is 5. The Balaban J connectivity index is 2.12. The monoisotopic (exact) mass is 347 g/mol. The third-order valence-electron chi connectivity index (χ3n) is 3.87. The van der Waals surface area contributed by atoms with Crippen molar-refractivity contribution in [2.75, 3.05) is 6.61 Å². The number of allylic oxidation sites excluding steroid dienone is 1. The Morgan fingerprint density at radius 2 is 2.44 bits per heavy atom. The van der Waals surface area contributed by atoms with Crippen molar-refractivity contribution in [2.24, 2.45) is 0 Å². The topological polar surface area (TPSA) is 80.7 Å². The minimum absolute atomic E-state index is 0.232. The van der Waals surface area contributed by atoms with Crippen molar-refractivity contribution in [3.05, 3.63) is 55.5 Å². The van der Waals surface area contributed by atoms with Gasteiger partial charge in [0.25, 0.3) is 0 Å². The number of nitrogens with zero attached hydrogens (tertiary/aromatic N) is 3. The fourth-order valence-electron chi connectivity index (χ4n) is 2.54. The maximum absolute atomic E-state index is 12.8. The second-order valence-corrected chi connectivity index (χ2v) is 5.63. The van der Waals surface area contributed by atoms with E-state index in [4.69, 9.17) is 9.15 Å². The Kier molecular flexibility index (Phi) is 7.43. The molecule has 136 valence electrons. The average Bonchev–Trinajstić information content (AvgIpc) is 3.31. The molecule has 0 bridgehead atoms. The number of hydrogen-bond donors (Lipinski definition) is 1. The van der Waals surface area contributed by atoms with Gasteiger partial charge in [0.15, 0.2) is 6.29 Å². The molecule has 2 rings (SSSR count). The first-order valence-electron chi connectivity index (χ1n) is 8.39. The van der Waals surface area contributed by atoms with E-state index in [0.29, 0.717) is 18.8 Å². The highest BCUT2D eigenvalue weighted by atomic mass is 16.6. The van der Waals surface area contributed by atoms with Gasteiger partial charge in [0, 0.05) is 12.4 Å². The molecule has 0 saturated heterocycles. The molecule has 0 aliphatic rings. The van der Waals surface area contributed by atoms with Crippen LogP contribution in [-0.4, -0.2) is 44.5 Å². The molecule has 7 nitrogen and oxygen atoms in total. The second kappa shape index (κ2) is 9.80. The molecule has 0 spiro atoms. The number of aliphatic hydroxyl groups excluding tert-OH is 1. The number of carbonyl (C=O) groups is 1. The summed E-state index contributed by atoms with van der Waals surface area (Å²) in [6.45, 7) is 6.19. The van der Waals surface area contributed by atoms with Gasteiger partial charge in [-0.1, -0.05) is 13.0 Å². The van der Waals surface area contributed by atoms with Crippen molar-refractivity contribution in [2.45, 2.75) is 45.1 Å². The molecule has 2 aromatic heterocycles. The third-order valence-corrected chi connectivity index (χ3v) is 3.87. The van der Waals surface area contributed by atoms with E-state index in [-0.39, 0.29) is 12.6 Å². The van der Waals surface area contributed by atoms with Crippen LogP contribution in [0.1, 0.15) is 31.9 Å². The van der Waals surface area contributed by atoms with Crippen molar-refractivity contribution in [1.29, 1.82) is 0 Å². The molecule has 0 saturated carbocycles. The van der Waals surface area contributed by atoms with Crippen LogP contribution in [0.25, 0.3) is 0 Å². The van der Waals surface area contributed by atoms with Gasteiger partial charge in [0.2, 0.25) is 0 Å². The predicted octanol–water partition coefficient (Wildman–Crippen LogP) is 3.03. The molecule has 2 atom stereocenters. The zero-order chi connectivity index (χ0) is 18.1. The minimum atomic E-state index is -1.09. The van der Waals surface area contributed by atoms with Gasteiger partial charge in [-0.3, -0.25) is 4.57 Å². The molecule has 2 heterocycles. The number of ether oxygens (including phenoxy) is 1. The number of furan rings is 1. The lowest BCUT2D eigenvalue weighted by Crippen LogP contribution is -2.48. The molecule has 1 amide bonds. The highest BCUT2D eigenvalue weighted by Gasteiger charge is 2.30. The fraction of sp³-hybridized carbons (Fsp3) is 0.444. The first kappa shape index (κ1) is 19.0. The normalized spacial score (nSPS) is 13.4. The fourth-order valence-corrected chi connectivity index (χ4v) is 2.54. The van der Waals surface area contributed by atoms with E-state index < -0.39 is 12.3 Å². The molecule has 2 aromatic rings. The van der Waals surface area contributed by atoms with Crippen molar-refractivity contribution < 1.29 is 19.1 Å². The quantitative estimate of drug-likeness (QED) is 0.406. The number of unbranched alkanes of at least 4 members (excludes halogenated alkanes) is 1. The van der Waals surface area contributed by atoms with Crippen molar-refractivity contribution >= 4 is 6.03 Å². The van der Waals surface area contributed by atoms with E-state index in [1.165, 1.54) is 17.1 Å². The van der Waals surface area contributed by atoms with E-state index in [9.17, 15) is 9.90 Å². The summed E-state index contributed by atoms with van der Waals surface area (Å²) >= 11 is 0. The summed E-state index contributed by atoms with van der Waals surface area (Å²) in [6, 6.07) is 2.74. The molecule has 7 heteroatoms. The van der Waals surface area contributed by atoms with Crippen LogP contribution < -0.4 is 0 Å². The Labute approximate surface area is 147 Å². The first-order valence-corrected chi connectivity index (χ1v) is 8.39. The van der Waals surface area contributed by atoms with Gasteiger partial charge in [-0.15, -0.1) is 6.58 Å². The molecular formula is C18H25N3O4. The molecule has 1 N–H and O–H groups in total. The van der Waals surface area contributed by atoms with Gasteiger partial charge in [0.05, 0.1) is 25.5 Å². The Morgan fingerprint density at radius 1 is 1.60 bits per heavy atom.